The van der Waals surface area contributed by atoms with Crippen molar-refractivity contribution < 1.29 is 8.78 Å². The van der Waals surface area contributed by atoms with E-state index in [4.69, 9.17) is 0 Å². The van der Waals surface area contributed by atoms with E-state index >= 15 is 0 Å². The minimum atomic E-state index is -2.70. The highest BCUT2D eigenvalue weighted by molar-refractivity contribution is 4.80. The monoisotopic (exact) mass is 192 g/mol. The van der Waals surface area contributed by atoms with Gasteiger partial charge in [-0.1, -0.05) is 20.8 Å². The average molecular weight is 192 g/mol. The molecule has 1 N–H and O–H groups in total. The SMILES string of the molecule is CC(C)(C)CN1CCNC(F)(F)C1. The second kappa shape index (κ2) is 3.50. The molecular weight excluding hydrogens is 174 g/mol. The van der Waals surface area contributed by atoms with Gasteiger partial charge in [0.1, 0.15) is 0 Å². The molecule has 0 aromatic heterocycles. The van der Waals surface area contributed by atoms with Crippen molar-refractivity contribution in [2.45, 2.75) is 26.8 Å². The van der Waals surface area contributed by atoms with Crippen molar-refractivity contribution in [1.29, 1.82) is 0 Å². The fourth-order valence-electron chi connectivity index (χ4n) is 1.62. The van der Waals surface area contributed by atoms with Gasteiger partial charge < -0.3 is 0 Å². The molecule has 78 valence electrons. The number of nitrogens with one attached hydrogen (secondary N) is 1. The predicted molar refractivity (Wildman–Crippen MR) is 48.8 cm³/mol. The Balaban J connectivity index is 2.44. The van der Waals surface area contributed by atoms with Crippen molar-refractivity contribution in [2.75, 3.05) is 26.2 Å². The molecule has 0 spiro atoms. The number of hydrogen-bond donors (Lipinski definition) is 1. The highest BCUT2D eigenvalue weighted by Crippen LogP contribution is 2.20. The number of halogens is 2. The van der Waals surface area contributed by atoms with Crippen molar-refractivity contribution >= 4 is 0 Å². The molecule has 0 unspecified atom stereocenters. The fraction of sp³-hybridized carbons (Fsp3) is 1.00. The van der Waals surface area contributed by atoms with Gasteiger partial charge in [-0.05, 0) is 5.41 Å². The van der Waals surface area contributed by atoms with Crippen LogP contribution in [0.15, 0.2) is 0 Å². The summed E-state index contributed by atoms with van der Waals surface area (Å²) in [6, 6.07) is -2.70. The van der Waals surface area contributed by atoms with Crippen LogP contribution in [-0.2, 0) is 0 Å². The maximum atomic E-state index is 12.9. The summed E-state index contributed by atoms with van der Waals surface area (Å²) in [4.78, 5) is 1.82. The lowest BCUT2D eigenvalue weighted by Crippen LogP contribution is -2.56. The molecule has 1 aliphatic rings. The predicted octanol–water partition coefficient (Wildman–Crippen LogP) is 1.53. The number of piperazine rings is 1. The van der Waals surface area contributed by atoms with Gasteiger partial charge in [0.2, 0.25) is 0 Å². The van der Waals surface area contributed by atoms with Gasteiger partial charge in [0, 0.05) is 19.6 Å². The van der Waals surface area contributed by atoms with Crippen LogP contribution in [0.2, 0.25) is 0 Å². The first kappa shape index (κ1) is 10.9. The third-order valence-corrected chi connectivity index (χ3v) is 1.93. The molecule has 1 saturated heterocycles. The lowest BCUT2D eigenvalue weighted by Gasteiger charge is -2.36. The minimum absolute atomic E-state index is 0.0907. The molecule has 0 atom stereocenters. The molecule has 2 nitrogen and oxygen atoms in total. The lowest BCUT2D eigenvalue weighted by molar-refractivity contribution is -0.0888. The van der Waals surface area contributed by atoms with Crippen LogP contribution in [0.1, 0.15) is 20.8 Å². The van der Waals surface area contributed by atoms with Crippen LogP contribution in [0.4, 0.5) is 8.78 Å². The molecule has 1 rings (SSSR count). The molecule has 0 radical (unpaired) electrons. The summed E-state index contributed by atoms with van der Waals surface area (Å²) in [5, 5.41) is 2.20. The summed E-state index contributed by atoms with van der Waals surface area (Å²) < 4.78 is 25.8. The zero-order valence-corrected chi connectivity index (χ0v) is 8.53. The maximum absolute atomic E-state index is 12.9. The minimum Gasteiger partial charge on any atom is -0.294 e. The van der Waals surface area contributed by atoms with E-state index in [0.29, 0.717) is 13.1 Å². The maximum Gasteiger partial charge on any atom is 0.315 e. The highest BCUT2D eigenvalue weighted by atomic mass is 19.3. The molecule has 1 aliphatic heterocycles. The van der Waals surface area contributed by atoms with Gasteiger partial charge in [-0.2, -0.15) is 8.78 Å². The Hall–Kier alpha value is -0.220. The van der Waals surface area contributed by atoms with Gasteiger partial charge in [0.15, 0.2) is 0 Å². The fourth-order valence-corrected chi connectivity index (χ4v) is 1.62. The van der Waals surface area contributed by atoms with Gasteiger partial charge in [0.05, 0.1) is 6.54 Å². The zero-order chi connectivity index (χ0) is 10.1. The van der Waals surface area contributed by atoms with Crippen LogP contribution >= 0.6 is 0 Å². The number of alkyl halides is 2. The number of nitrogens with zero attached hydrogens (tertiary/aromatic N) is 1. The molecule has 1 fully saturated rings. The molecule has 4 heteroatoms. The Morgan fingerprint density at radius 3 is 2.46 bits per heavy atom. The number of hydrogen-bond acceptors (Lipinski definition) is 2. The van der Waals surface area contributed by atoms with Crippen LogP contribution in [0.25, 0.3) is 0 Å². The van der Waals surface area contributed by atoms with Gasteiger partial charge in [-0.25, -0.2) is 0 Å². The van der Waals surface area contributed by atoms with Crippen LogP contribution in [0, 0.1) is 5.41 Å². The Kier molecular flexibility index (Phi) is 2.92. The first-order valence-corrected chi connectivity index (χ1v) is 4.64. The van der Waals surface area contributed by atoms with E-state index in [9.17, 15) is 8.78 Å². The molecular formula is C9H18F2N2. The average Bonchev–Trinajstić information content (AvgIpc) is 1.79. The number of rotatable bonds is 1. The highest BCUT2D eigenvalue weighted by Gasteiger charge is 2.35. The Bertz CT molecular complexity index is 173. The summed E-state index contributed by atoms with van der Waals surface area (Å²) in [5.74, 6) is 0. The van der Waals surface area contributed by atoms with Gasteiger partial charge in [0.25, 0.3) is 0 Å². The van der Waals surface area contributed by atoms with E-state index in [1.807, 2.05) is 4.90 Å². The third-order valence-electron chi connectivity index (χ3n) is 1.93. The third kappa shape index (κ3) is 4.00. The molecule has 0 aliphatic carbocycles. The van der Waals surface area contributed by atoms with Crippen molar-refractivity contribution in [3.05, 3.63) is 0 Å². The second-order valence-electron chi connectivity index (χ2n) is 4.90. The molecule has 1 heterocycles. The molecule has 0 amide bonds. The summed E-state index contributed by atoms with van der Waals surface area (Å²) in [5.41, 5.74) is 0.0907. The van der Waals surface area contributed by atoms with E-state index in [1.54, 1.807) is 0 Å². The van der Waals surface area contributed by atoms with Gasteiger partial charge in [-0.3, -0.25) is 10.2 Å². The van der Waals surface area contributed by atoms with E-state index in [-0.39, 0.29) is 12.0 Å². The van der Waals surface area contributed by atoms with Crippen molar-refractivity contribution in [3.63, 3.8) is 0 Å². The van der Waals surface area contributed by atoms with Gasteiger partial charge >= 0.3 is 6.05 Å². The Morgan fingerprint density at radius 1 is 1.38 bits per heavy atom. The van der Waals surface area contributed by atoms with Crippen LogP contribution in [0.3, 0.4) is 0 Å². The summed E-state index contributed by atoms with van der Waals surface area (Å²) in [7, 11) is 0. The van der Waals surface area contributed by atoms with Crippen LogP contribution in [0.5, 0.6) is 0 Å². The summed E-state index contributed by atoms with van der Waals surface area (Å²) >= 11 is 0. The normalized spacial score (nSPS) is 24.7. The van der Waals surface area contributed by atoms with Crippen molar-refractivity contribution in [1.82, 2.24) is 10.2 Å². The molecule has 0 bridgehead atoms. The topological polar surface area (TPSA) is 15.3 Å². The van der Waals surface area contributed by atoms with Crippen molar-refractivity contribution in [3.8, 4) is 0 Å². The molecule has 0 aromatic rings. The first-order chi connectivity index (χ1) is 5.79. The summed E-state index contributed by atoms with van der Waals surface area (Å²) in [6.07, 6.45) is 0. The zero-order valence-electron chi connectivity index (χ0n) is 8.53. The van der Waals surface area contributed by atoms with E-state index in [1.165, 1.54) is 0 Å². The van der Waals surface area contributed by atoms with Gasteiger partial charge in [-0.15, -0.1) is 0 Å². The molecule has 0 saturated carbocycles. The van der Waals surface area contributed by atoms with Crippen LogP contribution < -0.4 is 5.32 Å². The van der Waals surface area contributed by atoms with E-state index in [0.717, 1.165) is 6.54 Å². The Labute approximate surface area is 78.3 Å². The van der Waals surface area contributed by atoms with Crippen molar-refractivity contribution in [2.24, 2.45) is 5.41 Å². The standard InChI is InChI=1S/C9H18F2N2/c1-8(2,3)6-13-5-4-12-9(10,11)7-13/h12H,4-7H2,1-3H3. The van der Waals surface area contributed by atoms with E-state index in [2.05, 4.69) is 26.1 Å². The smallest absolute Gasteiger partial charge is 0.294 e. The summed E-state index contributed by atoms with van der Waals surface area (Å²) in [6.45, 7) is 7.85. The first-order valence-electron chi connectivity index (χ1n) is 4.64. The lowest BCUT2D eigenvalue weighted by atomic mass is 9.96. The molecule has 0 aromatic carbocycles. The largest absolute Gasteiger partial charge is 0.315 e. The molecule has 13 heavy (non-hydrogen) atoms. The Morgan fingerprint density at radius 2 is 2.00 bits per heavy atom. The van der Waals surface area contributed by atoms with E-state index < -0.39 is 6.05 Å². The second-order valence-corrected chi connectivity index (χ2v) is 4.90. The van der Waals surface area contributed by atoms with Crippen LogP contribution in [-0.4, -0.2) is 37.1 Å². The quantitative estimate of drug-likeness (QED) is 0.634.